The molecule has 3 unspecified atom stereocenters. The monoisotopic (exact) mass is 383 g/mol. The minimum absolute atomic E-state index is 0.181. The van der Waals surface area contributed by atoms with Crippen molar-refractivity contribution in [3.8, 4) is 0 Å². The second-order valence-electron chi connectivity index (χ2n) is 8.86. The Balaban J connectivity index is 1.09. The summed E-state index contributed by atoms with van der Waals surface area (Å²) in [5.41, 5.74) is 2.17. The van der Waals surface area contributed by atoms with Crippen LogP contribution in [-0.4, -0.2) is 68.6 Å². The number of fused-ring (bicyclic) bond motifs is 1. The van der Waals surface area contributed by atoms with E-state index in [9.17, 15) is 9.59 Å². The standard InChI is InChI=1S/C21H29N5O2/c27-20-6-5-19(21(28)24-20)23-17-1-3-18(4-2-17)26-10-14(11-26)9-25-12-15-7-22-8-16(15)13-25/h1-4,14-16,19,22-23H,5-13H2,(H,24,27,28). The first-order valence-corrected chi connectivity index (χ1v) is 10.5. The zero-order chi connectivity index (χ0) is 19.1. The van der Waals surface area contributed by atoms with Gasteiger partial charge in [-0.1, -0.05) is 0 Å². The number of imide groups is 1. The van der Waals surface area contributed by atoms with Crippen LogP contribution in [0, 0.1) is 17.8 Å². The van der Waals surface area contributed by atoms with Crippen molar-refractivity contribution in [2.24, 2.45) is 17.8 Å². The summed E-state index contributed by atoms with van der Waals surface area (Å²) >= 11 is 0. The molecule has 4 saturated heterocycles. The lowest BCUT2D eigenvalue weighted by Gasteiger charge is -2.43. The summed E-state index contributed by atoms with van der Waals surface area (Å²) in [7, 11) is 0. The number of likely N-dealkylation sites (tertiary alicyclic amines) is 1. The van der Waals surface area contributed by atoms with Gasteiger partial charge in [0.25, 0.3) is 0 Å². The molecule has 4 heterocycles. The lowest BCUT2D eigenvalue weighted by molar-refractivity contribution is -0.133. The van der Waals surface area contributed by atoms with Crippen LogP contribution in [-0.2, 0) is 9.59 Å². The van der Waals surface area contributed by atoms with Gasteiger partial charge in [-0.05, 0) is 55.6 Å². The molecule has 4 aliphatic rings. The number of hydrogen-bond donors (Lipinski definition) is 3. The maximum absolute atomic E-state index is 11.9. The zero-order valence-corrected chi connectivity index (χ0v) is 16.2. The van der Waals surface area contributed by atoms with Gasteiger partial charge >= 0.3 is 0 Å². The van der Waals surface area contributed by atoms with Gasteiger partial charge in [0, 0.05) is 56.4 Å². The summed E-state index contributed by atoms with van der Waals surface area (Å²) in [5, 5.41) is 9.14. The molecule has 0 radical (unpaired) electrons. The van der Waals surface area contributed by atoms with Crippen LogP contribution in [0.15, 0.2) is 24.3 Å². The smallest absolute Gasteiger partial charge is 0.249 e. The highest BCUT2D eigenvalue weighted by molar-refractivity contribution is 6.01. The summed E-state index contributed by atoms with van der Waals surface area (Å²) in [6, 6.07) is 7.97. The molecular weight excluding hydrogens is 354 g/mol. The number of nitrogens with one attached hydrogen (secondary N) is 3. The fourth-order valence-corrected chi connectivity index (χ4v) is 5.16. The number of carbonyl (C=O) groups excluding carboxylic acids is 2. The molecule has 3 atom stereocenters. The van der Waals surface area contributed by atoms with Crippen molar-refractivity contribution >= 4 is 23.2 Å². The third kappa shape index (κ3) is 3.61. The number of anilines is 2. The molecule has 0 spiro atoms. The highest BCUT2D eigenvalue weighted by Crippen LogP contribution is 2.30. The van der Waals surface area contributed by atoms with Crippen LogP contribution < -0.4 is 20.9 Å². The van der Waals surface area contributed by atoms with Crippen LogP contribution in [0.4, 0.5) is 11.4 Å². The van der Waals surface area contributed by atoms with Crippen molar-refractivity contribution in [1.82, 2.24) is 15.5 Å². The second kappa shape index (κ2) is 7.37. The number of carbonyl (C=O) groups is 2. The quantitative estimate of drug-likeness (QED) is 0.643. The molecule has 0 aliphatic carbocycles. The Morgan fingerprint density at radius 3 is 2.39 bits per heavy atom. The third-order valence-corrected chi connectivity index (χ3v) is 6.75. The van der Waals surface area contributed by atoms with Gasteiger partial charge in [0.2, 0.25) is 11.8 Å². The summed E-state index contributed by atoms with van der Waals surface area (Å²) in [5.74, 6) is 2.11. The van der Waals surface area contributed by atoms with Gasteiger partial charge in [0.05, 0.1) is 0 Å². The third-order valence-electron chi connectivity index (χ3n) is 6.75. The van der Waals surface area contributed by atoms with Gasteiger partial charge in [-0.25, -0.2) is 0 Å². The molecule has 0 bridgehead atoms. The minimum Gasteiger partial charge on any atom is -0.374 e. The van der Waals surface area contributed by atoms with Gasteiger partial charge in [0.1, 0.15) is 6.04 Å². The average molecular weight is 383 g/mol. The van der Waals surface area contributed by atoms with E-state index in [0.717, 1.165) is 36.5 Å². The molecule has 1 aromatic rings. The van der Waals surface area contributed by atoms with E-state index in [2.05, 4.69) is 37.9 Å². The predicted octanol–water partition coefficient (Wildman–Crippen LogP) is 0.491. The number of nitrogens with zero attached hydrogens (tertiary/aromatic N) is 2. The highest BCUT2D eigenvalue weighted by Gasteiger charge is 2.38. The summed E-state index contributed by atoms with van der Waals surface area (Å²) < 4.78 is 0. The average Bonchev–Trinajstić information content (AvgIpc) is 3.23. The van der Waals surface area contributed by atoms with Gasteiger partial charge < -0.3 is 20.4 Å². The van der Waals surface area contributed by atoms with Crippen LogP contribution in [0.1, 0.15) is 12.8 Å². The van der Waals surface area contributed by atoms with E-state index in [0.29, 0.717) is 12.8 Å². The maximum Gasteiger partial charge on any atom is 0.249 e. The van der Waals surface area contributed by atoms with Crippen LogP contribution in [0.2, 0.25) is 0 Å². The Hall–Kier alpha value is -2.12. The Morgan fingerprint density at radius 2 is 1.71 bits per heavy atom. The molecule has 0 aromatic heterocycles. The molecule has 1 aromatic carbocycles. The van der Waals surface area contributed by atoms with Crippen molar-refractivity contribution in [2.45, 2.75) is 18.9 Å². The number of piperidine rings is 1. The van der Waals surface area contributed by atoms with Gasteiger partial charge in [-0.2, -0.15) is 0 Å². The first kappa shape index (κ1) is 17.9. The Morgan fingerprint density at radius 1 is 1.00 bits per heavy atom. The fourth-order valence-electron chi connectivity index (χ4n) is 5.16. The molecule has 4 fully saturated rings. The summed E-state index contributed by atoms with van der Waals surface area (Å²) in [4.78, 5) is 28.2. The van der Waals surface area contributed by atoms with Gasteiger partial charge in [0.15, 0.2) is 0 Å². The number of rotatable bonds is 5. The van der Waals surface area contributed by atoms with Crippen LogP contribution in [0.25, 0.3) is 0 Å². The molecule has 7 heteroatoms. The van der Waals surface area contributed by atoms with Crippen molar-refractivity contribution < 1.29 is 9.59 Å². The minimum atomic E-state index is -0.327. The van der Waals surface area contributed by atoms with E-state index in [1.165, 1.54) is 38.4 Å². The van der Waals surface area contributed by atoms with Gasteiger partial charge in [-0.3, -0.25) is 14.9 Å². The van der Waals surface area contributed by atoms with Crippen molar-refractivity contribution in [2.75, 3.05) is 56.0 Å². The summed E-state index contributed by atoms with van der Waals surface area (Å²) in [6.45, 7) is 8.45. The zero-order valence-electron chi connectivity index (χ0n) is 16.2. The number of benzene rings is 1. The van der Waals surface area contributed by atoms with E-state index in [1.807, 2.05) is 12.1 Å². The summed E-state index contributed by atoms with van der Waals surface area (Å²) in [6.07, 6.45) is 0.945. The van der Waals surface area contributed by atoms with Crippen LogP contribution in [0.3, 0.4) is 0 Å². The lowest BCUT2D eigenvalue weighted by Crippen LogP contribution is -2.51. The van der Waals surface area contributed by atoms with Crippen molar-refractivity contribution in [3.05, 3.63) is 24.3 Å². The van der Waals surface area contributed by atoms with Crippen molar-refractivity contribution in [3.63, 3.8) is 0 Å². The molecule has 4 aliphatic heterocycles. The van der Waals surface area contributed by atoms with E-state index in [-0.39, 0.29) is 17.9 Å². The maximum atomic E-state index is 11.9. The van der Waals surface area contributed by atoms with E-state index in [1.54, 1.807) is 0 Å². The predicted molar refractivity (Wildman–Crippen MR) is 108 cm³/mol. The number of amides is 2. The molecule has 150 valence electrons. The molecule has 3 N–H and O–H groups in total. The van der Waals surface area contributed by atoms with E-state index < -0.39 is 0 Å². The largest absolute Gasteiger partial charge is 0.374 e. The van der Waals surface area contributed by atoms with Crippen LogP contribution in [0.5, 0.6) is 0 Å². The first-order valence-electron chi connectivity index (χ1n) is 10.5. The van der Waals surface area contributed by atoms with E-state index >= 15 is 0 Å². The first-order chi connectivity index (χ1) is 13.6. The highest BCUT2D eigenvalue weighted by atomic mass is 16.2. The Kier molecular flexibility index (Phi) is 4.72. The molecule has 28 heavy (non-hydrogen) atoms. The molecule has 7 nitrogen and oxygen atoms in total. The van der Waals surface area contributed by atoms with Gasteiger partial charge in [-0.15, -0.1) is 0 Å². The fraction of sp³-hybridized carbons (Fsp3) is 0.619. The topological polar surface area (TPSA) is 76.7 Å². The Labute approximate surface area is 165 Å². The normalized spacial score (nSPS) is 30.9. The molecule has 0 saturated carbocycles. The molecular formula is C21H29N5O2. The van der Waals surface area contributed by atoms with Crippen LogP contribution >= 0.6 is 0 Å². The lowest BCUT2D eigenvalue weighted by atomic mass is 9.98. The second-order valence-corrected chi connectivity index (χ2v) is 8.86. The SMILES string of the molecule is O=C1CCC(Nc2ccc(N3CC(CN4CC5CNCC5C4)C3)cc2)C(=O)N1. The number of hydrogen-bond acceptors (Lipinski definition) is 6. The molecule has 5 rings (SSSR count). The van der Waals surface area contributed by atoms with E-state index in [4.69, 9.17) is 0 Å². The Bertz CT molecular complexity index is 734. The van der Waals surface area contributed by atoms with Crippen molar-refractivity contribution in [1.29, 1.82) is 0 Å². The molecule has 2 amide bonds.